The maximum Gasteiger partial charge on any atom is 0.238 e. The third-order valence-corrected chi connectivity index (χ3v) is 2.63. The Kier molecular flexibility index (Phi) is 9.21. The molecule has 0 radical (unpaired) electrons. The molecule has 0 saturated carbocycles. The Bertz CT molecular complexity index is 383. The first-order valence-corrected chi connectivity index (χ1v) is 6.23. The van der Waals surface area contributed by atoms with E-state index in [0.29, 0.717) is 25.6 Å². The molecule has 0 aromatic heterocycles. The monoisotopic (exact) mass is 286 g/mol. The Labute approximate surface area is 121 Å². The number of rotatable bonds is 7. The smallest absolute Gasteiger partial charge is 0.238 e. The molecule has 0 fully saturated rings. The third kappa shape index (κ3) is 6.57. The molecule has 1 amide bonds. The van der Waals surface area contributed by atoms with Crippen LogP contribution in [0.4, 0.5) is 5.69 Å². The van der Waals surface area contributed by atoms with E-state index in [4.69, 9.17) is 4.74 Å². The van der Waals surface area contributed by atoms with Crippen LogP contribution in [-0.4, -0.2) is 32.7 Å². The minimum Gasteiger partial charge on any atom is -0.383 e. The van der Waals surface area contributed by atoms with Crippen LogP contribution in [0.2, 0.25) is 0 Å². The summed E-state index contributed by atoms with van der Waals surface area (Å²) in [6, 6.07) is 7.89. The van der Waals surface area contributed by atoms with Gasteiger partial charge in [-0.05, 0) is 17.5 Å². The molecule has 19 heavy (non-hydrogen) atoms. The number of benzene rings is 1. The van der Waals surface area contributed by atoms with E-state index in [-0.39, 0.29) is 18.3 Å². The lowest BCUT2D eigenvalue weighted by molar-refractivity contribution is -0.115. The van der Waals surface area contributed by atoms with Crippen molar-refractivity contribution in [1.82, 2.24) is 5.32 Å². The SMILES string of the molecule is COCCNCC(=O)Nc1ccccc1C(C)C.Cl. The highest BCUT2D eigenvalue weighted by Gasteiger charge is 2.08. The van der Waals surface area contributed by atoms with Crippen molar-refractivity contribution in [3.8, 4) is 0 Å². The molecule has 108 valence electrons. The number of hydrogen-bond donors (Lipinski definition) is 2. The first-order chi connectivity index (χ1) is 8.65. The zero-order valence-corrected chi connectivity index (χ0v) is 12.5. The molecule has 0 atom stereocenters. The van der Waals surface area contributed by atoms with E-state index in [0.717, 1.165) is 11.3 Å². The van der Waals surface area contributed by atoms with E-state index < -0.39 is 0 Å². The van der Waals surface area contributed by atoms with Crippen molar-refractivity contribution >= 4 is 24.0 Å². The molecule has 4 nitrogen and oxygen atoms in total. The van der Waals surface area contributed by atoms with Gasteiger partial charge in [-0.1, -0.05) is 32.0 Å². The number of para-hydroxylation sites is 1. The number of carbonyl (C=O) groups is 1. The number of halogens is 1. The summed E-state index contributed by atoms with van der Waals surface area (Å²) in [5.41, 5.74) is 2.05. The van der Waals surface area contributed by atoms with Crippen molar-refractivity contribution in [3.05, 3.63) is 29.8 Å². The first-order valence-electron chi connectivity index (χ1n) is 6.23. The quantitative estimate of drug-likeness (QED) is 0.757. The highest BCUT2D eigenvalue weighted by atomic mass is 35.5. The Morgan fingerprint density at radius 3 is 2.63 bits per heavy atom. The number of methoxy groups -OCH3 is 1. The van der Waals surface area contributed by atoms with Crippen molar-refractivity contribution < 1.29 is 9.53 Å². The number of hydrogen-bond acceptors (Lipinski definition) is 3. The van der Waals surface area contributed by atoms with Crippen LogP contribution in [0.15, 0.2) is 24.3 Å². The minimum absolute atomic E-state index is 0. The lowest BCUT2D eigenvalue weighted by Gasteiger charge is -2.13. The lowest BCUT2D eigenvalue weighted by Crippen LogP contribution is -2.30. The molecule has 0 bridgehead atoms. The van der Waals surface area contributed by atoms with Crippen molar-refractivity contribution in [2.75, 3.05) is 32.1 Å². The van der Waals surface area contributed by atoms with Gasteiger partial charge in [0.15, 0.2) is 0 Å². The normalized spacial score (nSPS) is 10.1. The molecular weight excluding hydrogens is 264 g/mol. The molecule has 1 aromatic carbocycles. The molecular formula is C14H23ClN2O2. The molecule has 1 rings (SSSR count). The summed E-state index contributed by atoms with van der Waals surface area (Å²) in [4.78, 5) is 11.7. The highest BCUT2D eigenvalue weighted by Crippen LogP contribution is 2.23. The van der Waals surface area contributed by atoms with Crippen molar-refractivity contribution in [2.24, 2.45) is 0 Å². The van der Waals surface area contributed by atoms with Crippen molar-refractivity contribution in [2.45, 2.75) is 19.8 Å². The van der Waals surface area contributed by atoms with Crippen LogP contribution in [-0.2, 0) is 9.53 Å². The van der Waals surface area contributed by atoms with E-state index in [1.807, 2.05) is 24.3 Å². The van der Waals surface area contributed by atoms with Crippen LogP contribution >= 0.6 is 12.4 Å². The molecule has 0 saturated heterocycles. The number of carbonyl (C=O) groups excluding carboxylic acids is 1. The van der Waals surface area contributed by atoms with Crippen LogP contribution in [0, 0.1) is 0 Å². The zero-order valence-electron chi connectivity index (χ0n) is 11.7. The summed E-state index contributed by atoms with van der Waals surface area (Å²) in [5.74, 6) is 0.363. The van der Waals surface area contributed by atoms with E-state index in [9.17, 15) is 4.79 Å². The summed E-state index contributed by atoms with van der Waals surface area (Å²) in [6.45, 7) is 5.81. The topological polar surface area (TPSA) is 50.4 Å². The predicted octanol–water partition coefficient (Wildman–Crippen LogP) is 2.41. The van der Waals surface area contributed by atoms with Gasteiger partial charge in [0.25, 0.3) is 0 Å². The van der Waals surface area contributed by atoms with E-state index in [1.165, 1.54) is 0 Å². The molecule has 1 aromatic rings. The molecule has 0 spiro atoms. The average Bonchev–Trinajstić information content (AvgIpc) is 2.35. The summed E-state index contributed by atoms with van der Waals surface area (Å²) in [7, 11) is 1.64. The highest BCUT2D eigenvalue weighted by molar-refractivity contribution is 5.93. The van der Waals surface area contributed by atoms with Gasteiger partial charge in [-0.15, -0.1) is 12.4 Å². The van der Waals surface area contributed by atoms with E-state index in [1.54, 1.807) is 7.11 Å². The lowest BCUT2D eigenvalue weighted by atomic mass is 10.0. The number of anilines is 1. The van der Waals surface area contributed by atoms with Gasteiger partial charge in [0.2, 0.25) is 5.91 Å². The molecule has 5 heteroatoms. The standard InChI is InChI=1S/C14H22N2O2.ClH/c1-11(2)12-6-4-5-7-13(12)16-14(17)10-15-8-9-18-3;/h4-7,11,15H,8-10H2,1-3H3,(H,16,17);1H. The Morgan fingerprint density at radius 1 is 1.32 bits per heavy atom. The molecule has 0 heterocycles. The number of nitrogens with one attached hydrogen (secondary N) is 2. The van der Waals surface area contributed by atoms with E-state index in [2.05, 4.69) is 24.5 Å². The van der Waals surface area contributed by atoms with Crippen LogP contribution in [0.5, 0.6) is 0 Å². The van der Waals surface area contributed by atoms with Gasteiger partial charge in [-0.3, -0.25) is 4.79 Å². The second kappa shape index (κ2) is 9.78. The van der Waals surface area contributed by atoms with Crippen LogP contribution < -0.4 is 10.6 Å². The molecule has 0 aliphatic rings. The fraction of sp³-hybridized carbons (Fsp3) is 0.500. The maximum absolute atomic E-state index is 11.7. The van der Waals surface area contributed by atoms with Crippen LogP contribution in [0.3, 0.4) is 0 Å². The Hall–Kier alpha value is -1.10. The predicted molar refractivity (Wildman–Crippen MR) is 81.2 cm³/mol. The van der Waals surface area contributed by atoms with Gasteiger partial charge in [0.05, 0.1) is 13.2 Å². The fourth-order valence-corrected chi connectivity index (χ4v) is 1.68. The second-order valence-corrected chi connectivity index (χ2v) is 4.46. The Morgan fingerprint density at radius 2 is 2.00 bits per heavy atom. The number of ether oxygens (including phenoxy) is 1. The third-order valence-electron chi connectivity index (χ3n) is 2.63. The largest absolute Gasteiger partial charge is 0.383 e. The van der Waals surface area contributed by atoms with Gasteiger partial charge >= 0.3 is 0 Å². The van der Waals surface area contributed by atoms with Gasteiger partial charge in [0.1, 0.15) is 0 Å². The summed E-state index contributed by atoms with van der Waals surface area (Å²) < 4.78 is 4.90. The number of amides is 1. The minimum atomic E-state index is -0.0285. The Balaban J connectivity index is 0.00000324. The summed E-state index contributed by atoms with van der Waals surface area (Å²) in [6.07, 6.45) is 0. The van der Waals surface area contributed by atoms with Gasteiger partial charge in [-0.2, -0.15) is 0 Å². The molecule has 0 aliphatic carbocycles. The summed E-state index contributed by atoms with van der Waals surface area (Å²) >= 11 is 0. The zero-order chi connectivity index (χ0) is 13.4. The van der Waals surface area contributed by atoms with E-state index >= 15 is 0 Å². The van der Waals surface area contributed by atoms with Gasteiger partial charge in [-0.25, -0.2) is 0 Å². The van der Waals surface area contributed by atoms with Gasteiger partial charge in [0, 0.05) is 19.3 Å². The van der Waals surface area contributed by atoms with Gasteiger partial charge < -0.3 is 15.4 Å². The van der Waals surface area contributed by atoms with Crippen molar-refractivity contribution in [3.63, 3.8) is 0 Å². The molecule has 0 aliphatic heterocycles. The van der Waals surface area contributed by atoms with Crippen LogP contribution in [0.1, 0.15) is 25.3 Å². The first kappa shape index (κ1) is 17.9. The maximum atomic E-state index is 11.7. The van der Waals surface area contributed by atoms with Crippen LogP contribution in [0.25, 0.3) is 0 Å². The fourth-order valence-electron chi connectivity index (χ4n) is 1.68. The van der Waals surface area contributed by atoms with Crippen molar-refractivity contribution in [1.29, 1.82) is 0 Å². The average molecular weight is 287 g/mol. The summed E-state index contributed by atoms with van der Waals surface area (Å²) in [5, 5.41) is 5.94. The second-order valence-electron chi connectivity index (χ2n) is 4.46. The molecule has 0 unspecified atom stereocenters. The molecule has 2 N–H and O–H groups in total.